The van der Waals surface area contributed by atoms with E-state index in [1.807, 2.05) is 50.5 Å². The Morgan fingerprint density at radius 1 is 1.00 bits per heavy atom. The molecule has 3 amide bonds. The lowest BCUT2D eigenvalue weighted by molar-refractivity contribution is -0.147. The number of ketones is 1. The van der Waals surface area contributed by atoms with Crippen LogP contribution >= 0.6 is 23.6 Å². The molecular weight excluding hydrogens is 922 g/mol. The maximum Gasteiger partial charge on any atom is 0.417 e. The number of ether oxygens (including phenoxy) is 3. The van der Waals surface area contributed by atoms with Crippen LogP contribution in [0, 0.1) is 24.2 Å². The molecule has 4 heterocycles. The second-order valence-corrected chi connectivity index (χ2v) is 18.8. The van der Waals surface area contributed by atoms with Gasteiger partial charge in [-0.1, -0.05) is 38.1 Å². The Bertz CT molecular complexity index is 2630. The molecule has 0 saturated carbocycles. The van der Waals surface area contributed by atoms with Crippen molar-refractivity contribution in [3.8, 4) is 22.3 Å². The number of rotatable bonds is 18. The van der Waals surface area contributed by atoms with Crippen LogP contribution in [0.3, 0.4) is 0 Å². The van der Waals surface area contributed by atoms with Crippen LogP contribution in [0.4, 0.5) is 24.5 Å². The van der Waals surface area contributed by atoms with Crippen molar-refractivity contribution in [1.82, 2.24) is 14.8 Å². The molecule has 358 valence electrons. The molecule has 68 heavy (non-hydrogen) atoms. The first-order chi connectivity index (χ1) is 32.3. The summed E-state index contributed by atoms with van der Waals surface area (Å²) in [6, 6.07) is 17.5. The minimum absolute atomic E-state index is 0.00105. The van der Waals surface area contributed by atoms with Crippen molar-refractivity contribution < 1.29 is 51.7 Å². The topological polar surface area (TPSA) is 166 Å². The lowest BCUT2D eigenvalue weighted by Gasteiger charge is -2.35. The third-order valence-electron chi connectivity index (χ3n) is 12.1. The molecule has 3 aliphatic heterocycles. The summed E-state index contributed by atoms with van der Waals surface area (Å²) in [4.78, 5) is 65.4. The number of β-amino-alcohol motifs (C(OH)–C–C–N with tert-alkyl or cyclic N) is 1. The van der Waals surface area contributed by atoms with Crippen LogP contribution in [-0.2, 0) is 41.2 Å². The van der Waals surface area contributed by atoms with Crippen molar-refractivity contribution in [3.05, 3.63) is 106 Å². The monoisotopic (exact) mass is 972 g/mol. The van der Waals surface area contributed by atoms with Crippen LogP contribution in [0.1, 0.15) is 62.9 Å². The van der Waals surface area contributed by atoms with Crippen LogP contribution in [0.25, 0.3) is 10.4 Å². The smallest absolute Gasteiger partial charge is 0.417 e. The van der Waals surface area contributed by atoms with Crippen molar-refractivity contribution >= 4 is 63.5 Å². The summed E-state index contributed by atoms with van der Waals surface area (Å²) in [5.74, 6) is -0.921. The molecule has 0 bridgehead atoms. The minimum Gasteiger partial charge on any atom is -0.493 e. The van der Waals surface area contributed by atoms with Gasteiger partial charge in [0.15, 0.2) is 10.9 Å². The van der Waals surface area contributed by atoms with E-state index in [4.69, 9.17) is 26.4 Å². The summed E-state index contributed by atoms with van der Waals surface area (Å²) >= 11 is 7.19. The maximum atomic E-state index is 14.2. The average Bonchev–Trinajstić information content (AvgIpc) is 4.05. The lowest BCUT2D eigenvalue weighted by Crippen LogP contribution is -2.54. The molecule has 3 atom stereocenters. The quantitative estimate of drug-likeness (QED) is 0.0786. The first-order valence-electron chi connectivity index (χ1n) is 22.1. The highest BCUT2D eigenvalue weighted by Gasteiger charge is 2.51. The number of aliphatic hydroxyl groups is 1. The summed E-state index contributed by atoms with van der Waals surface area (Å²) in [6.07, 6.45) is -3.52. The number of aryl methyl sites for hydroxylation is 2. The molecule has 2 saturated heterocycles. The van der Waals surface area contributed by atoms with Crippen molar-refractivity contribution in [3.63, 3.8) is 0 Å². The zero-order valence-electron chi connectivity index (χ0n) is 38.1. The minimum atomic E-state index is -4.81. The second kappa shape index (κ2) is 20.6. The molecular formula is C49H51F3N6O8S2. The number of anilines is 2. The number of thiazole rings is 1. The molecule has 3 aliphatic rings. The fourth-order valence-corrected chi connectivity index (χ4v) is 10.0. The van der Waals surface area contributed by atoms with E-state index in [0.29, 0.717) is 23.6 Å². The number of hydrogen-bond acceptors (Lipinski definition) is 12. The average molecular weight is 973 g/mol. The number of aromatic nitrogens is 1. The summed E-state index contributed by atoms with van der Waals surface area (Å²) in [5.41, 5.74) is 2.22. The number of amides is 3. The number of hydrogen-bond donors (Lipinski definition) is 1. The van der Waals surface area contributed by atoms with E-state index in [-0.39, 0.29) is 74.9 Å². The number of Topliss-reactive ketones (excluding diaryl/α,β-unsaturated/α-hetero) is 1. The van der Waals surface area contributed by atoms with Gasteiger partial charge >= 0.3 is 6.18 Å². The van der Waals surface area contributed by atoms with E-state index in [1.165, 1.54) is 28.0 Å². The molecule has 4 aromatic rings. The highest BCUT2D eigenvalue weighted by Crippen LogP contribution is 2.40. The first-order valence-corrected chi connectivity index (χ1v) is 23.3. The predicted octanol–water partition coefficient (Wildman–Crippen LogP) is 7.25. The number of nitriles is 1. The van der Waals surface area contributed by atoms with Gasteiger partial charge in [0.05, 0.1) is 70.9 Å². The van der Waals surface area contributed by atoms with Gasteiger partial charge in [-0.15, -0.1) is 11.3 Å². The SMILES string of the molecule is Cc1ncsc1-c1ccc(CCC(=O)C2C[C@@H](O)CN2C(=O)[C@H](C(C)C)N2CC(OCCOCCOc3ccc(N4C(=S)N(c5ccc(C#N)c(C(F)(F)F)c5)C(=O)C4(C)C)cc3)=CC2=O)cc1. The number of likely N-dealkylation sites (tertiary alicyclic amines) is 1. The van der Waals surface area contributed by atoms with Crippen molar-refractivity contribution in [2.75, 3.05) is 49.3 Å². The molecule has 3 aromatic carbocycles. The fraction of sp³-hybridized carbons (Fsp3) is 0.408. The molecule has 0 spiro atoms. The van der Waals surface area contributed by atoms with E-state index in [1.54, 1.807) is 54.3 Å². The summed E-state index contributed by atoms with van der Waals surface area (Å²) in [7, 11) is 0. The Balaban J connectivity index is 0.851. The first kappa shape index (κ1) is 49.7. The number of halogens is 3. The third kappa shape index (κ3) is 10.6. The molecule has 19 heteroatoms. The van der Waals surface area contributed by atoms with Crippen molar-refractivity contribution in [1.29, 1.82) is 5.26 Å². The van der Waals surface area contributed by atoms with Gasteiger partial charge in [-0.2, -0.15) is 18.4 Å². The van der Waals surface area contributed by atoms with Crippen LogP contribution in [0.15, 0.2) is 84.1 Å². The van der Waals surface area contributed by atoms with Gasteiger partial charge in [0.2, 0.25) is 5.91 Å². The molecule has 1 N–H and O–H groups in total. The Morgan fingerprint density at radius 3 is 2.31 bits per heavy atom. The summed E-state index contributed by atoms with van der Waals surface area (Å²) < 4.78 is 58.5. The Morgan fingerprint density at radius 2 is 1.68 bits per heavy atom. The van der Waals surface area contributed by atoms with Crippen LogP contribution in [0.2, 0.25) is 0 Å². The van der Waals surface area contributed by atoms with Gasteiger partial charge in [-0.05, 0) is 98.9 Å². The number of alkyl halides is 3. The Hall–Kier alpha value is -6.20. The van der Waals surface area contributed by atoms with Crippen LogP contribution in [0.5, 0.6) is 5.75 Å². The van der Waals surface area contributed by atoms with Crippen molar-refractivity contribution in [2.45, 2.75) is 83.8 Å². The molecule has 14 nitrogen and oxygen atoms in total. The van der Waals surface area contributed by atoms with E-state index in [2.05, 4.69) is 4.98 Å². The van der Waals surface area contributed by atoms with Crippen LogP contribution in [-0.4, -0.2) is 112 Å². The lowest BCUT2D eigenvalue weighted by atomic mass is 9.98. The molecule has 7 rings (SSSR count). The zero-order chi connectivity index (χ0) is 49.1. The summed E-state index contributed by atoms with van der Waals surface area (Å²) in [6.45, 7) is 9.55. The predicted molar refractivity (Wildman–Crippen MR) is 252 cm³/mol. The molecule has 0 radical (unpaired) electrons. The Kier molecular flexibility index (Phi) is 15.0. The molecule has 1 unspecified atom stereocenters. The van der Waals surface area contributed by atoms with E-state index in [9.17, 15) is 42.7 Å². The molecule has 1 aromatic heterocycles. The van der Waals surface area contributed by atoms with Gasteiger partial charge in [-0.3, -0.25) is 24.1 Å². The van der Waals surface area contributed by atoms with E-state index < -0.39 is 58.8 Å². The number of thiocarbonyl (C=S) groups is 1. The number of nitrogens with zero attached hydrogens (tertiary/aromatic N) is 6. The number of carbonyl (C=O) groups is 4. The molecule has 0 aliphatic carbocycles. The van der Waals surface area contributed by atoms with Crippen LogP contribution < -0.4 is 14.5 Å². The third-order valence-corrected chi connectivity index (χ3v) is 13.5. The second-order valence-electron chi connectivity index (χ2n) is 17.6. The maximum absolute atomic E-state index is 14.2. The fourth-order valence-electron chi connectivity index (χ4n) is 8.68. The van der Waals surface area contributed by atoms with Gasteiger partial charge < -0.3 is 34.0 Å². The van der Waals surface area contributed by atoms with E-state index in [0.717, 1.165) is 38.7 Å². The highest BCUT2D eigenvalue weighted by atomic mass is 32.1. The van der Waals surface area contributed by atoms with Crippen molar-refractivity contribution in [2.24, 2.45) is 5.92 Å². The Labute approximate surface area is 401 Å². The number of benzene rings is 3. The number of aliphatic hydroxyl groups excluding tert-OH is 1. The standard InChI is InChI=1S/C49H51F3N6O8S2/c1-29(2)43(45(62)55-26-36(59)23-40(55)41(60)17-8-31-6-9-32(10-7-31)44-30(3)54-28-68-44)56-27-38(24-42(56)61)66-21-19-64-18-20-65-37-15-13-34(14-16-37)58-47(67)57(46(63)48(58,4)5)35-12-11-33(25-53)39(22-35)49(50,51)52/h6-7,9-16,22,24,28-29,36,40,43,59H,8,17-21,23,26-27H2,1-5H3/t36-,40?,43+/m1/s1. The zero-order valence-corrected chi connectivity index (χ0v) is 39.8. The largest absolute Gasteiger partial charge is 0.493 e. The highest BCUT2D eigenvalue weighted by molar-refractivity contribution is 7.81. The number of carbonyl (C=O) groups excluding carboxylic acids is 4. The normalized spacial score (nSPS) is 18.7. The van der Waals surface area contributed by atoms with E-state index >= 15 is 0 Å². The van der Waals surface area contributed by atoms with Gasteiger partial charge in [0.25, 0.3) is 11.8 Å². The van der Waals surface area contributed by atoms with Gasteiger partial charge in [0, 0.05) is 31.1 Å². The van der Waals surface area contributed by atoms with Gasteiger partial charge in [0.1, 0.15) is 36.3 Å². The molecule has 2 fully saturated rings. The van der Waals surface area contributed by atoms with Gasteiger partial charge in [-0.25, -0.2) is 4.98 Å². The summed E-state index contributed by atoms with van der Waals surface area (Å²) in [5, 5.41) is 19.8.